The van der Waals surface area contributed by atoms with Gasteiger partial charge in [-0.1, -0.05) is 17.7 Å². The molecular weight excluding hydrogens is 259 g/mol. The number of alkyl carbamates (subject to hydrolysis) is 1. The Kier molecular flexibility index (Phi) is 2.91. The second-order valence-corrected chi connectivity index (χ2v) is 4.02. The summed E-state index contributed by atoms with van der Waals surface area (Å²) in [6.45, 7) is -1.08. The normalized spacial score (nSPS) is 22.8. The maximum absolute atomic E-state index is 13.5. The summed E-state index contributed by atoms with van der Waals surface area (Å²) in [6.07, 6.45) is -1.00. The molecule has 0 aliphatic carbocycles. The van der Waals surface area contributed by atoms with Crippen molar-refractivity contribution in [3.63, 3.8) is 0 Å². The van der Waals surface area contributed by atoms with Crippen molar-refractivity contribution in [1.82, 2.24) is 5.32 Å². The van der Waals surface area contributed by atoms with Crippen LogP contribution in [0, 0.1) is 5.82 Å². The van der Waals surface area contributed by atoms with Crippen molar-refractivity contribution in [2.75, 3.05) is 6.61 Å². The molecule has 1 atom stereocenters. The van der Waals surface area contributed by atoms with Crippen LogP contribution >= 0.6 is 11.6 Å². The standard InChI is InChI=1S/C10H7ClF3NO2/c11-5-1-2-6(7(12)3-5)8-10(13,14)4-17-9(16)15-8/h1-3,8H,4H2,(H,15,16)/t8-/m1/s1. The van der Waals surface area contributed by atoms with Crippen LogP contribution in [0.4, 0.5) is 18.0 Å². The van der Waals surface area contributed by atoms with Crippen molar-refractivity contribution in [3.05, 3.63) is 34.6 Å². The summed E-state index contributed by atoms with van der Waals surface area (Å²) < 4.78 is 44.6. The number of rotatable bonds is 1. The molecule has 17 heavy (non-hydrogen) atoms. The molecule has 0 saturated carbocycles. The minimum atomic E-state index is -3.37. The molecule has 7 heteroatoms. The van der Waals surface area contributed by atoms with Crippen molar-refractivity contribution >= 4 is 17.7 Å². The number of halogens is 4. The van der Waals surface area contributed by atoms with Crippen LogP contribution < -0.4 is 5.32 Å². The fraction of sp³-hybridized carbons (Fsp3) is 0.300. The lowest BCUT2D eigenvalue weighted by molar-refractivity contribution is -0.105. The third-order valence-electron chi connectivity index (χ3n) is 2.35. The van der Waals surface area contributed by atoms with E-state index in [0.717, 1.165) is 12.1 Å². The average Bonchev–Trinajstić information content (AvgIpc) is 2.23. The van der Waals surface area contributed by atoms with Gasteiger partial charge in [0.05, 0.1) is 0 Å². The molecule has 1 amide bonds. The van der Waals surface area contributed by atoms with E-state index in [2.05, 4.69) is 4.74 Å². The number of alkyl halides is 2. The van der Waals surface area contributed by atoms with Crippen molar-refractivity contribution in [3.8, 4) is 0 Å². The van der Waals surface area contributed by atoms with E-state index in [1.165, 1.54) is 6.07 Å². The third-order valence-corrected chi connectivity index (χ3v) is 2.59. The van der Waals surface area contributed by atoms with Crippen molar-refractivity contribution < 1.29 is 22.7 Å². The SMILES string of the molecule is O=C1N[C@H](c2ccc(Cl)cc2F)C(F)(F)CO1. The zero-order valence-electron chi connectivity index (χ0n) is 8.34. The predicted octanol–water partition coefficient (Wildman–Crippen LogP) is 2.90. The fourth-order valence-electron chi connectivity index (χ4n) is 1.55. The lowest BCUT2D eigenvalue weighted by atomic mass is 9.99. The number of cyclic esters (lactones) is 1. The van der Waals surface area contributed by atoms with Gasteiger partial charge in [0.1, 0.15) is 11.9 Å². The van der Waals surface area contributed by atoms with Crippen LogP contribution in [0.25, 0.3) is 0 Å². The quantitative estimate of drug-likeness (QED) is 0.848. The molecule has 1 heterocycles. The Balaban J connectivity index is 2.39. The molecular formula is C10H7ClF3NO2. The minimum absolute atomic E-state index is 0.0907. The van der Waals surface area contributed by atoms with Crippen molar-refractivity contribution in [1.29, 1.82) is 0 Å². The summed E-state index contributed by atoms with van der Waals surface area (Å²) in [5.41, 5.74) is -0.323. The first-order valence-corrected chi connectivity index (χ1v) is 5.04. The topological polar surface area (TPSA) is 38.3 Å². The molecule has 3 nitrogen and oxygen atoms in total. The number of carbonyl (C=O) groups excluding carboxylic acids is 1. The number of carbonyl (C=O) groups is 1. The Bertz CT molecular complexity index is 467. The summed E-state index contributed by atoms with van der Waals surface area (Å²) in [4.78, 5) is 10.9. The summed E-state index contributed by atoms with van der Waals surface area (Å²) in [7, 11) is 0. The molecule has 2 rings (SSSR count). The highest BCUT2D eigenvalue weighted by molar-refractivity contribution is 6.30. The zero-order valence-corrected chi connectivity index (χ0v) is 9.10. The smallest absolute Gasteiger partial charge is 0.408 e. The zero-order chi connectivity index (χ0) is 12.6. The van der Waals surface area contributed by atoms with E-state index in [-0.39, 0.29) is 10.6 Å². The van der Waals surface area contributed by atoms with E-state index < -0.39 is 30.5 Å². The number of nitrogens with one attached hydrogen (secondary N) is 1. The summed E-state index contributed by atoms with van der Waals surface area (Å²) in [5, 5.41) is 1.98. The molecule has 0 aromatic heterocycles. The molecule has 1 aromatic rings. The van der Waals surface area contributed by atoms with Gasteiger partial charge < -0.3 is 10.1 Å². The Labute approximate surface area is 99.5 Å². The van der Waals surface area contributed by atoms with Crippen LogP contribution in [0.2, 0.25) is 5.02 Å². The van der Waals surface area contributed by atoms with E-state index in [4.69, 9.17) is 11.6 Å². The lowest BCUT2D eigenvalue weighted by Gasteiger charge is -2.31. The van der Waals surface area contributed by atoms with E-state index in [1.807, 2.05) is 5.32 Å². The summed E-state index contributed by atoms with van der Waals surface area (Å²) >= 11 is 5.52. The predicted molar refractivity (Wildman–Crippen MR) is 53.6 cm³/mol. The van der Waals surface area contributed by atoms with Gasteiger partial charge in [-0.05, 0) is 12.1 Å². The van der Waals surface area contributed by atoms with Gasteiger partial charge in [-0.15, -0.1) is 0 Å². The van der Waals surface area contributed by atoms with Gasteiger partial charge in [-0.25, -0.2) is 18.0 Å². The molecule has 1 fully saturated rings. The highest BCUT2D eigenvalue weighted by atomic mass is 35.5. The molecule has 0 bridgehead atoms. The van der Waals surface area contributed by atoms with Crippen molar-refractivity contribution in [2.45, 2.75) is 12.0 Å². The molecule has 1 aromatic carbocycles. The van der Waals surface area contributed by atoms with Crippen molar-refractivity contribution in [2.24, 2.45) is 0 Å². The average molecular weight is 266 g/mol. The maximum atomic E-state index is 13.5. The Hall–Kier alpha value is -1.43. The largest absolute Gasteiger partial charge is 0.443 e. The molecule has 0 radical (unpaired) electrons. The number of hydrogen-bond donors (Lipinski definition) is 1. The fourth-order valence-corrected chi connectivity index (χ4v) is 1.71. The van der Waals surface area contributed by atoms with Gasteiger partial charge in [-0.2, -0.15) is 0 Å². The highest BCUT2D eigenvalue weighted by Crippen LogP contribution is 2.36. The molecule has 1 N–H and O–H groups in total. The minimum Gasteiger partial charge on any atom is -0.443 e. The van der Waals surface area contributed by atoms with E-state index in [1.54, 1.807) is 0 Å². The molecule has 92 valence electrons. The van der Waals surface area contributed by atoms with Gasteiger partial charge in [0, 0.05) is 10.6 Å². The van der Waals surface area contributed by atoms with Gasteiger partial charge in [0.25, 0.3) is 0 Å². The Morgan fingerprint density at radius 1 is 1.47 bits per heavy atom. The van der Waals surface area contributed by atoms with Crippen LogP contribution in [-0.2, 0) is 4.74 Å². The summed E-state index contributed by atoms with van der Waals surface area (Å²) in [5.74, 6) is -4.27. The molecule has 0 unspecified atom stereocenters. The first-order valence-electron chi connectivity index (χ1n) is 4.66. The van der Waals surface area contributed by atoms with Crippen LogP contribution in [-0.4, -0.2) is 18.6 Å². The van der Waals surface area contributed by atoms with Crippen LogP contribution in [0.3, 0.4) is 0 Å². The lowest BCUT2D eigenvalue weighted by Crippen LogP contribution is -2.49. The monoisotopic (exact) mass is 265 g/mol. The third kappa shape index (κ3) is 2.31. The van der Waals surface area contributed by atoms with Gasteiger partial charge in [-0.3, -0.25) is 0 Å². The number of amides is 1. The van der Waals surface area contributed by atoms with E-state index in [0.29, 0.717) is 0 Å². The van der Waals surface area contributed by atoms with Crippen LogP contribution in [0.15, 0.2) is 18.2 Å². The van der Waals surface area contributed by atoms with Crippen LogP contribution in [0.1, 0.15) is 11.6 Å². The number of benzene rings is 1. The Morgan fingerprint density at radius 2 is 2.18 bits per heavy atom. The van der Waals surface area contributed by atoms with Gasteiger partial charge in [0.15, 0.2) is 6.61 Å². The van der Waals surface area contributed by atoms with E-state index >= 15 is 0 Å². The highest BCUT2D eigenvalue weighted by Gasteiger charge is 2.47. The first kappa shape index (κ1) is 12.0. The Morgan fingerprint density at radius 3 is 2.82 bits per heavy atom. The van der Waals surface area contributed by atoms with Crippen LogP contribution in [0.5, 0.6) is 0 Å². The second kappa shape index (κ2) is 4.10. The first-order chi connectivity index (χ1) is 7.90. The number of hydrogen-bond acceptors (Lipinski definition) is 2. The van der Waals surface area contributed by atoms with Gasteiger partial charge >= 0.3 is 12.0 Å². The molecule has 1 aliphatic rings. The van der Waals surface area contributed by atoms with E-state index in [9.17, 15) is 18.0 Å². The molecule has 0 spiro atoms. The summed E-state index contributed by atoms with van der Waals surface area (Å²) in [6, 6.07) is 1.55. The van der Waals surface area contributed by atoms with Gasteiger partial charge in [0.2, 0.25) is 0 Å². The maximum Gasteiger partial charge on any atom is 0.408 e. The molecule has 1 saturated heterocycles. The second-order valence-electron chi connectivity index (χ2n) is 3.58. The molecule has 1 aliphatic heterocycles. The number of ether oxygens (including phenoxy) is 1.